The van der Waals surface area contributed by atoms with Crippen LogP contribution in [-0.2, 0) is 11.3 Å². The lowest BCUT2D eigenvalue weighted by atomic mass is 10.2. The lowest BCUT2D eigenvalue weighted by Gasteiger charge is -2.13. The zero-order valence-corrected chi connectivity index (χ0v) is 13.2. The van der Waals surface area contributed by atoms with Gasteiger partial charge in [0, 0.05) is 18.3 Å². The number of para-hydroxylation sites is 2. The van der Waals surface area contributed by atoms with Crippen molar-refractivity contribution in [2.24, 2.45) is 0 Å². The number of rotatable bonds is 7. The number of benzene rings is 1. The number of amides is 1. The molecule has 0 aliphatic carbocycles. The van der Waals surface area contributed by atoms with Crippen LogP contribution >= 0.6 is 0 Å². The number of nitrogens with zero attached hydrogens (tertiary/aromatic N) is 1. The predicted octanol–water partition coefficient (Wildman–Crippen LogP) is 2.27. The van der Waals surface area contributed by atoms with Crippen molar-refractivity contribution in [3.8, 4) is 17.4 Å². The zero-order valence-electron chi connectivity index (χ0n) is 13.2. The third-order valence-corrected chi connectivity index (χ3v) is 3.27. The third-order valence-electron chi connectivity index (χ3n) is 3.27. The number of carbonyl (C=O) groups excluding carboxylic acids is 1. The minimum atomic E-state index is -1.01. The fraction of sp³-hybridized carbons (Fsp3) is 0.294. The Labute approximate surface area is 135 Å². The summed E-state index contributed by atoms with van der Waals surface area (Å²) in [5, 5.41) is 12.2. The first-order valence-corrected chi connectivity index (χ1v) is 7.36. The quantitative estimate of drug-likeness (QED) is 0.819. The van der Waals surface area contributed by atoms with E-state index in [4.69, 9.17) is 9.47 Å². The van der Waals surface area contributed by atoms with Crippen molar-refractivity contribution in [1.29, 1.82) is 0 Å². The Morgan fingerprint density at radius 2 is 2.00 bits per heavy atom. The molecule has 1 amide bonds. The van der Waals surface area contributed by atoms with Gasteiger partial charge in [0.25, 0.3) is 0 Å². The molecule has 0 saturated carbocycles. The lowest BCUT2D eigenvalue weighted by molar-refractivity contribution is -0.129. The van der Waals surface area contributed by atoms with Crippen LogP contribution in [0.1, 0.15) is 18.9 Å². The summed E-state index contributed by atoms with van der Waals surface area (Å²) in [7, 11) is 1.56. The zero-order chi connectivity index (χ0) is 16.7. The number of hydrogen-bond donors (Lipinski definition) is 2. The average Bonchev–Trinajstić information content (AvgIpc) is 2.60. The van der Waals surface area contributed by atoms with Crippen molar-refractivity contribution in [3.05, 3.63) is 48.2 Å². The van der Waals surface area contributed by atoms with Gasteiger partial charge >= 0.3 is 0 Å². The van der Waals surface area contributed by atoms with E-state index < -0.39 is 12.0 Å². The maximum Gasteiger partial charge on any atom is 0.249 e. The van der Waals surface area contributed by atoms with Crippen molar-refractivity contribution in [3.63, 3.8) is 0 Å². The molecule has 23 heavy (non-hydrogen) atoms. The van der Waals surface area contributed by atoms with E-state index in [0.29, 0.717) is 29.4 Å². The molecule has 6 nitrogen and oxygen atoms in total. The predicted molar refractivity (Wildman–Crippen MR) is 85.4 cm³/mol. The monoisotopic (exact) mass is 316 g/mol. The summed E-state index contributed by atoms with van der Waals surface area (Å²) >= 11 is 0. The molecule has 1 aromatic carbocycles. The van der Waals surface area contributed by atoms with Crippen LogP contribution < -0.4 is 14.8 Å². The molecule has 6 heteroatoms. The van der Waals surface area contributed by atoms with Crippen molar-refractivity contribution < 1.29 is 19.4 Å². The first-order chi connectivity index (χ1) is 11.2. The van der Waals surface area contributed by atoms with E-state index in [1.165, 1.54) is 0 Å². The first-order valence-electron chi connectivity index (χ1n) is 7.36. The number of ether oxygens (including phenoxy) is 2. The Morgan fingerprint density at radius 1 is 1.26 bits per heavy atom. The minimum absolute atomic E-state index is 0.216. The summed E-state index contributed by atoms with van der Waals surface area (Å²) in [6.45, 7) is 1.96. The molecule has 0 fully saturated rings. The van der Waals surface area contributed by atoms with Crippen LogP contribution in [0.25, 0.3) is 0 Å². The van der Waals surface area contributed by atoms with Gasteiger partial charge in [-0.2, -0.15) is 0 Å². The summed E-state index contributed by atoms with van der Waals surface area (Å²) in [4.78, 5) is 15.9. The Bertz CT molecular complexity index is 661. The van der Waals surface area contributed by atoms with Crippen molar-refractivity contribution >= 4 is 5.91 Å². The number of aromatic nitrogens is 1. The molecule has 0 radical (unpaired) electrons. The van der Waals surface area contributed by atoms with Gasteiger partial charge in [-0.1, -0.05) is 25.1 Å². The highest BCUT2D eigenvalue weighted by Gasteiger charge is 2.14. The summed E-state index contributed by atoms with van der Waals surface area (Å²) in [5.74, 6) is 1.09. The first kappa shape index (κ1) is 16.8. The van der Waals surface area contributed by atoms with Crippen molar-refractivity contribution in [1.82, 2.24) is 10.3 Å². The van der Waals surface area contributed by atoms with Crippen molar-refractivity contribution in [2.45, 2.75) is 26.0 Å². The highest BCUT2D eigenvalue weighted by molar-refractivity contribution is 5.80. The Balaban J connectivity index is 2.13. The minimum Gasteiger partial charge on any atom is -0.493 e. The number of pyridine rings is 1. The molecule has 0 saturated heterocycles. The van der Waals surface area contributed by atoms with Gasteiger partial charge in [0.2, 0.25) is 11.8 Å². The number of carbonyl (C=O) groups is 1. The standard InChI is InChI=1S/C17H20N2O4/c1-3-13(20)16(21)19-11-12-7-6-10-18-17(12)23-15-9-5-4-8-14(15)22-2/h4-10,13,20H,3,11H2,1-2H3,(H,19,21)/t13-/m0/s1. The maximum atomic E-state index is 11.7. The number of hydrogen-bond acceptors (Lipinski definition) is 5. The topological polar surface area (TPSA) is 80.7 Å². The smallest absolute Gasteiger partial charge is 0.249 e. The summed E-state index contributed by atoms with van der Waals surface area (Å²) in [5.41, 5.74) is 0.704. The average molecular weight is 316 g/mol. The van der Waals surface area contributed by atoms with E-state index in [2.05, 4.69) is 10.3 Å². The Morgan fingerprint density at radius 3 is 2.70 bits per heavy atom. The largest absolute Gasteiger partial charge is 0.493 e. The van der Waals surface area contributed by atoms with Crippen LogP contribution in [0.15, 0.2) is 42.6 Å². The lowest BCUT2D eigenvalue weighted by Crippen LogP contribution is -2.33. The van der Waals surface area contributed by atoms with E-state index in [-0.39, 0.29) is 6.54 Å². The molecule has 0 unspecified atom stereocenters. The van der Waals surface area contributed by atoms with Crippen molar-refractivity contribution in [2.75, 3.05) is 7.11 Å². The summed E-state index contributed by atoms with van der Waals surface area (Å²) in [6.07, 6.45) is 0.964. The van der Waals surface area contributed by atoms with E-state index in [9.17, 15) is 9.90 Å². The molecule has 2 aromatic rings. The second-order valence-corrected chi connectivity index (χ2v) is 4.86. The number of nitrogens with one attached hydrogen (secondary N) is 1. The summed E-state index contributed by atoms with van der Waals surface area (Å²) < 4.78 is 11.0. The van der Waals surface area contributed by atoms with Gasteiger partial charge in [0.1, 0.15) is 6.10 Å². The van der Waals surface area contributed by atoms with Gasteiger partial charge in [-0.3, -0.25) is 4.79 Å². The highest BCUT2D eigenvalue weighted by Crippen LogP contribution is 2.31. The SMILES string of the molecule is CC[C@H](O)C(=O)NCc1cccnc1Oc1ccccc1OC. The van der Waals surface area contributed by atoms with Crippen LogP contribution in [-0.4, -0.2) is 29.2 Å². The molecule has 2 N–H and O–H groups in total. The van der Waals surface area contributed by atoms with Gasteiger partial charge in [0.05, 0.1) is 7.11 Å². The molecule has 1 atom stereocenters. The molecule has 0 aliphatic rings. The molecule has 0 bridgehead atoms. The molecule has 1 aromatic heterocycles. The van der Waals surface area contributed by atoms with E-state index >= 15 is 0 Å². The molecule has 1 heterocycles. The van der Waals surface area contributed by atoms with Crippen LogP contribution in [0.3, 0.4) is 0 Å². The molecular formula is C17H20N2O4. The van der Waals surface area contributed by atoms with E-state index in [1.54, 1.807) is 44.5 Å². The van der Waals surface area contributed by atoms with Crippen LogP contribution in [0.5, 0.6) is 17.4 Å². The summed E-state index contributed by atoms with van der Waals surface area (Å²) in [6, 6.07) is 10.8. The third kappa shape index (κ3) is 4.43. The number of methoxy groups -OCH3 is 1. The molecule has 0 spiro atoms. The number of aliphatic hydroxyl groups is 1. The molecule has 2 rings (SSSR count). The molecule has 0 aliphatic heterocycles. The normalized spacial score (nSPS) is 11.6. The fourth-order valence-electron chi connectivity index (χ4n) is 1.94. The van der Waals surface area contributed by atoms with E-state index in [0.717, 1.165) is 0 Å². The second-order valence-electron chi connectivity index (χ2n) is 4.86. The Hall–Kier alpha value is -2.60. The number of aliphatic hydroxyl groups excluding tert-OH is 1. The molecular weight excluding hydrogens is 296 g/mol. The molecule has 122 valence electrons. The van der Waals surface area contributed by atoms with Gasteiger partial charge < -0.3 is 19.9 Å². The van der Waals surface area contributed by atoms with Crippen LogP contribution in [0, 0.1) is 0 Å². The van der Waals surface area contributed by atoms with Crippen LogP contribution in [0.4, 0.5) is 0 Å². The van der Waals surface area contributed by atoms with Crippen LogP contribution in [0.2, 0.25) is 0 Å². The Kier molecular flexibility index (Phi) is 5.94. The van der Waals surface area contributed by atoms with Gasteiger partial charge in [-0.15, -0.1) is 0 Å². The highest BCUT2D eigenvalue weighted by atomic mass is 16.5. The fourth-order valence-corrected chi connectivity index (χ4v) is 1.94. The maximum absolute atomic E-state index is 11.7. The van der Waals surface area contributed by atoms with Gasteiger partial charge in [-0.25, -0.2) is 4.98 Å². The van der Waals surface area contributed by atoms with Gasteiger partial charge in [0.15, 0.2) is 11.5 Å². The van der Waals surface area contributed by atoms with E-state index in [1.807, 2.05) is 12.1 Å². The second kappa shape index (κ2) is 8.14. The van der Waals surface area contributed by atoms with Gasteiger partial charge in [-0.05, 0) is 24.6 Å².